The van der Waals surface area contributed by atoms with E-state index in [1.54, 1.807) is 0 Å². The van der Waals surface area contributed by atoms with E-state index in [1.165, 1.54) is 17.0 Å². The van der Waals surface area contributed by atoms with Gasteiger partial charge in [0.2, 0.25) is 0 Å². The number of ether oxygens (including phenoxy) is 1. The molecule has 2 aliphatic rings. The van der Waals surface area contributed by atoms with Crippen LogP contribution in [0.2, 0.25) is 0 Å². The summed E-state index contributed by atoms with van der Waals surface area (Å²) in [5.41, 5.74) is -1.11. The van der Waals surface area contributed by atoms with Gasteiger partial charge < -0.3 is 9.64 Å². The molecule has 21 heavy (non-hydrogen) atoms. The Kier molecular flexibility index (Phi) is 3.49. The van der Waals surface area contributed by atoms with Crippen LogP contribution in [0.4, 0.5) is 8.78 Å². The molecule has 4 nitrogen and oxygen atoms in total. The lowest BCUT2D eigenvalue weighted by Crippen LogP contribution is -2.53. The molecule has 2 heterocycles. The highest BCUT2D eigenvalue weighted by molar-refractivity contribution is 5.99. The maximum Gasteiger partial charge on any atom is 0.257 e. The zero-order valence-electron chi connectivity index (χ0n) is 11.4. The van der Waals surface area contributed by atoms with E-state index in [9.17, 15) is 18.4 Å². The summed E-state index contributed by atoms with van der Waals surface area (Å²) in [6.07, 6.45) is 1.91. The van der Waals surface area contributed by atoms with Crippen molar-refractivity contribution in [3.8, 4) is 0 Å². The van der Waals surface area contributed by atoms with Crippen molar-refractivity contribution in [2.24, 2.45) is 0 Å². The highest BCUT2D eigenvalue weighted by Gasteiger charge is 2.46. The van der Waals surface area contributed by atoms with Gasteiger partial charge in [-0.1, -0.05) is 6.07 Å². The molecule has 112 valence electrons. The number of Topliss-reactive ketones (excluding diaryl/α,β-unsaturated/α-hetero) is 1. The fraction of sp³-hybridized carbons (Fsp3) is 0.467. The lowest BCUT2D eigenvalue weighted by atomic mass is 9.87. The quantitative estimate of drug-likeness (QED) is 0.795. The third-order valence-corrected chi connectivity index (χ3v) is 4.20. The number of carbonyl (C=O) groups excluding carboxylic acids is 2. The first kappa shape index (κ1) is 14.1. The predicted molar refractivity (Wildman–Crippen MR) is 69.8 cm³/mol. The molecule has 1 spiro atoms. The summed E-state index contributed by atoms with van der Waals surface area (Å²) in [6, 6.07) is 3.45. The summed E-state index contributed by atoms with van der Waals surface area (Å²) in [7, 11) is 0. The van der Waals surface area contributed by atoms with Gasteiger partial charge in [-0.05, 0) is 25.0 Å². The topological polar surface area (TPSA) is 46.6 Å². The number of likely N-dealkylation sites (tertiary alicyclic amines) is 1. The minimum Gasteiger partial charge on any atom is -0.367 e. The summed E-state index contributed by atoms with van der Waals surface area (Å²) in [5, 5.41) is 0. The number of rotatable bonds is 1. The summed E-state index contributed by atoms with van der Waals surface area (Å²) in [6.45, 7) is 0.744. The number of amides is 1. The van der Waals surface area contributed by atoms with Gasteiger partial charge in [0.1, 0.15) is 5.60 Å². The Morgan fingerprint density at radius 1 is 1.29 bits per heavy atom. The third-order valence-electron chi connectivity index (χ3n) is 4.20. The average molecular weight is 295 g/mol. The van der Waals surface area contributed by atoms with Gasteiger partial charge in [-0.15, -0.1) is 0 Å². The molecule has 0 bridgehead atoms. The largest absolute Gasteiger partial charge is 0.367 e. The molecule has 0 aromatic heterocycles. The van der Waals surface area contributed by atoms with Crippen LogP contribution in [0, 0.1) is 11.6 Å². The molecule has 2 fully saturated rings. The summed E-state index contributed by atoms with van der Waals surface area (Å²) >= 11 is 0. The average Bonchev–Trinajstić information content (AvgIpc) is 2.94. The third kappa shape index (κ3) is 2.33. The van der Waals surface area contributed by atoms with Gasteiger partial charge in [-0.3, -0.25) is 9.59 Å². The molecular weight excluding hydrogens is 280 g/mol. The van der Waals surface area contributed by atoms with Crippen LogP contribution in [-0.2, 0) is 9.53 Å². The number of halogens is 2. The number of ketones is 1. The van der Waals surface area contributed by atoms with Gasteiger partial charge in [0.25, 0.3) is 5.91 Å². The first-order valence-electron chi connectivity index (χ1n) is 6.94. The first-order valence-corrected chi connectivity index (χ1v) is 6.94. The van der Waals surface area contributed by atoms with Gasteiger partial charge in [0, 0.05) is 19.6 Å². The van der Waals surface area contributed by atoms with Crippen molar-refractivity contribution < 1.29 is 23.1 Å². The minimum absolute atomic E-state index is 0.116. The highest BCUT2D eigenvalue weighted by Crippen LogP contribution is 2.33. The second-order valence-corrected chi connectivity index (χ2v) is 5.45. The Bertz CT molecular complexity index is 597. The van der Waals surface area contributed by atoms with E-state index in [0.717, 1.165) is 12.5 Å². The fourth-order valence-corrected chi connectivity index (χ4v) is 2.98. The molecule has 0 unspecified atom stereocenters. The van der Waals surface area contributed by atoms with Crippen LogP contribution in [0.5, 0.6) is 0 Å². The standard InChI is InChI=1S/C15H15F2NO3/c16-11-4-1-3-10(13(11)17)14(20)18-7-6-15(12(19)9-18)5-2-8-21-15/h1,3-4H,2,5-9H2/t15-/m1/s1. The van der Waals surface area contributed by atoms with Gasteiger partial charge in [-0.2, -0.15) is 0 Å². The van der Waals surface area contributed by atoms with E-state index < -0.39 is 23.1 Å². The van der Waals surface area contributed by atoms with E-state index in [-0.39, 0.29) is 17.9 Å². The number of hydrogen-bond donors (Lipinski definition) is 0. The summed E-state index contributed by atoms with van der Waals surface area (Å²) < 4.78 is 32.4. The Morgan fingerprint density at radius 2 is 2.10 bits per heavy atom. The molecule has 1 aromatic rings. The molecule has 0 N–H and O–H groups in total. The molecule has 1 amide bonds. The Labute approximate surface area is 120 Å². The lowest BCUT2D eigenvalue weighted by Gasteiger charge is -2.37. The van der Waals surface area contributed by atoms with E-state index in [2.05, 4.69) is 0 Å². The van der Waals surface area contributed by atoms with Crippen LogP contribution in [0.3, 0.4) is 0 Å². The zero-order chi connectivity index (χ0) is 15.0. The van der Waals surface area contributed by atoms with Crippen molar-refractivity contribution in [1.82, 2.24) is 4.90 Å². The van der Waals surface area contributed by atoms with E-state index in [0.29, 0.717) is 26.0 Å². The van der Waals surface area contributed by atoms with E-state index in [4.69, 9.17) is 4.74 Å². The van der Waals surface area contributed by atoms with Gasteiger partial charge in [0.15, 0.2) is 17.4 Å². The molecule has 1 aromatic carbocycles. The number of hydrogen-bond acceptors (Lipinski definition) is 3. The molecule has 0 radical (unpaired) electrons. The Balaban J connectivity index is 1.78. The van der Waals surface area contributed by atoms with Crippen molar-refractivity contribution in [3.63, 3.8) is 0 Å². The Morgan fingerprint density at radius 3 is 2.76 bits per heavy atom. The van der Waals surface area contributed by atoms with Crippen molar-refractivity contribution in [2.45, 2.75) is 24.9 Å². The molecule has 6 heteroatoms. The van der Waals surface area contributed by atoms with Crippen LogP contribution >= 0.6 is 0 Å². The highest BCUT2D eigenvalue weighted by atomic mass is 19.2. The van der Waals surface area contributed by atoms with Gasteiger partial charge in [-0.25, -0.2) is 8.78 Å². The maximum absolute atomic E-state index is 13.7. The van der Waals surface area contributed by atoms with Gasteiger partial charge in [0.05, 0.1) is 12.1 Å². The normalized spacial score (nSPS) is 25.6. The first-order chi connectivity index (χ1) is 10.0. The van der Waals surface area contributed by atoms with Crippen molar-refractivity contribution in [1.29, 1.82) is 0 Å². The smallest absolute Gasteiger partial charge is 0.257 e. The molecule has 1 atom stereocenters. The molecule has 2 saturated heterocycles. The molecule has 0 saturated carbocycles. The molecular formula is C15H15F2NO3. The molecule has 3 rings (SSSR count). The van der Waals surface area contributed by atoms with Crippen LogP contribution in [0.15, 0.2) is 18.2 Å². The monoisotopic (exact) mass is 295 g/mol. The van der Waals surface area contributed by atoms with Crippen LogP contribution in [0.1, 0.15) is 29.6 Å². The zero-order valence-corrected chi connectivity index (χ0v) is 11.4. The molecule has 0 aliphatic carbocycles. The second-order valence-electron chi connectivity index (χ2n) is 5.45. The summed E-state index contributed by atoms with van der Waals surface area (Å²) in [5.74, 6) is -3.06. The molecule has 2 aliphatic heterocycles. The number of benzene rings is 1. The fourth-order valence-electron chi connectivity index (χ4n) is 2.98. The number of nitrogens with zero attached hydrogens (tertiary/aromatic N) is 1. The van der Waals surface area contributed by atoms with Crippen molar-refractivity contribution >= 4 is 11.7 Å². The van der Waals surface area contributed by atoms with E-state index in [1.807, 2.05) is 0 Å². The van der Waals surface area contributed by atoms with Crippen LogP contribution < -0.4 is 0 Å². The summed E-state index contributed by atoms with van der Waals surface area (Å²) in [4.78, 5) is 25.7. The SMILES string of the molecule is O=C(c1cccc(F)c1F)N1CC[C@]2(CCCO2)C(=O)C1. The minimum atomic E-state index is -1.17. The van der Waals surface area contributed by atoms with Crippen molar-refractivity contribution in [3.05, 3.63) is 35.4 Å². The van der Waals surface area contributed by atoms with Crippen LogP contribution in [0.25, 0.3) is 0 Å². The lowest BCUT2D eigenvalue weighted by molar-refractivity contribution is -0.144. The Hall–Kier alpha value is -1.82. The number of carbonyl (C=O) groups is 2. The van der Waals surface area contributed by atoms with Crippen LogP contribution in [-0.4, -0.2) is 41.9 Å². The second kappa shape index (κ2) is 5.18. The maximum atomic E-state index is 13.7. The number of piperidine rings is 1. The van der Waals surface area contributed by atoms with Gasteiger partial charge >= 0.3 is 0 Å². The van der Waals surface area contributed by atoms with E-state index >= 15 is 0 Å². The van der Waals surface area contributed by atoms with Crippen molar-refractivity contribution in [2.75, 3.05) is 19.7 Å². The predicted octanol–water partition coefficient (Wildman–Crippen LogP) is 1.93.